The zero-order valence-corrected chi connectivity index (χ0v) is 8.80. The van der Waals surface area contributed by atoms with Gasteiger partial charge in [0.1, 0.15) is 0 Å². The van der Waals surface area contributed by atoms with Gasteiger partial charge in [0.05, 0.1) is 12.5 Å². The number of hydrogen-bond donors (Lipinski definition) is 1. The van der Waals surface area contributed by atoms with Gasteiger partial charge in [-0.1, -0.05) is 6.92 Å². The molecular formula is C9H18F3NO. The van der Waals surface area contributed by atoms with Crippen LogP contribution in [-0.2, 0) is 0 Å². The Balaban J connectivity index is 3.90. The SMILES string of the molecule is CCC(O)C(C)N(C)CCC(F)(F)F. The molecule has 0 amide bonds. The van der Waals surface area contributed by atoms with Gasteiger partial charge in [-0.3, -0.25) is 0 Å². The van der Waals surface area contributed by atoms with Gasteiger partial charge >= 0.3 is 6.18 Å². The van der Waals surface area contributed by atoms with E-state index in [-0.39, 0.29) is 12.6 Å². The summed E-state index contributed by atoms with van der Waals surface area (Å²) in [7, 11) is 1.59. The zero-order chi connectivity index (χ0) is 11.4. The van der Waals surface area contributed by atoms with Gasteiger partial charge in [-0.25, -0.2) is 0 Å². The Bertz CT molecular complexity index is 161. The first kappa shape index (κ1) is 13.7. The Kier molecular flexibility index (Phi) is 5.44. The van der Waals surface area contributed by atoms with Crippen molar-refractivity contribution < 1.29 is 18.3 Å². The predicted molar refractivity (Wildman–Crippen MR) is 49.1 cm³/mol. The number of halogens is 3. The second-order valence-electron chi connectivity index (χ2n) is 3.56. The van der Waals surface area contributed by atoms with E-state index in [9.17, 15) is 18.3 Å². The second kappa shape index (κ2) is 5.56. The van der Waals surface area contributed by atoms with Gasteiger partial charge < -0.3 is 10.0 Å². The smallest absolute Gasteiger partial charge is 0.390 e. The second-order valence-corrected chi connectivity index (χ2v) is 3.56. The molecule has 0 saturated heterocycles. The van der Waals surface area contributed by atoms with E-state index in [4.69, 9.17) is 0 Å². The Morgan fingerprint density at radius 3 is 2.21 bits per heavy atom. The molecule has 0 heterocycles. The number of likely N-dealkylation sites (N-methyl/N-ethyl adjacent to an activating group) is 1. The van der Waals surface area contributed by atoms with E-state index < -0.39 is 18.7 Å². The number of aliphatic hydroxyl groups excluding tert-OH is 1. The average Bonchev–Trinajstić information content (AvgIpc) is 2.10. The molecule has 0 aliphatic rings. The van der Waals surface area contributed by atoms with Gasteiger partial charge in [0.25, 0.3) is 0 Å². The van der Waals surface area contributed by atoms with Crippen LogP contribution in [0.1, 0.15) is 26.7 Å². The molecule has 2 unspecified atom stereocenters. The summed E-state index contributed by atoms with van der Waals surface area (Å²) in [5.74, 6) is 0. The van der Waals surface area contributed by atoms with Crippen molar-refractivity contribution in [2.24, 2.45) is 0 Å². The van der Waals surface area contributed by atoms with E-state index in [0.29, 0.717) is 6.42 Å². The van der Waals surface area contributed by atoms with Gasteiger partial charge in [0.15, 0.2) is 0 Å². The summed E-state index contributed by atoms with van der Waals surface area (Å²) in [5, 5.41) is 9.40. The number of aliphatic hydroxyl groups is 1. The van der Waals surface area contributed by atoms with Gasteiger partial charge in [0.2, 0.25) is 0 Å². The lowest BCUT2D eigenvalue weighted by atomic mass is 10.1. The Morgan fingerprint density at radius 2 is 1.86 bits per heavy atom. The molecule has 0 rings (SSSR count). The average molecular weight is 213 g/mol. The van der Waals surface area contributed by atoms with Crippen molar-refractivity contribution in [1.82, 2.24) is 4.90 Å². The van der Waals surface area contributed by atoms with Crippen molar-refractivity contribution >= 4 is 0 Å². The molecule has 0 aromatic carbocycles. The van der Waals surface area contributed by atoms with Crippen LogP contribution >= 0.6 is 0 Å². The highest BCUT2D eigenvalue weighted by Crippen LogP contribution is 2.20. The minimum atomic E-state index is -4.12. The lowest BCUT2D eigenvalue weighted by Crippen LogP contribution is -2.40. The highest BCUT2D eigenvalue weighted by Gasteiger charge is 2.28. The molecule has 1 N–H and O–H groups in total. The van der Waals surface area contributed by atoms with Crippen LogP contribution in [0.4, 0.5) is 13.2 Å². The van der Waals surface area contributed by atoms with Crippen LogP contribution in [0.2, 0.25) is 0 Å². The molecule has 0 aliphatic carbocycles. The molecule has 14 heavy (non-hydrogen) atoms. The molecule has 0 bridgehead atoms. The molecule has 0 saturated carbocycles. The van der Waals surface area contributed by atoms with Gasteiger partial charge in [0, 0.05) is 12.6 Å². The van der Waals surface area contributed by atoms with Crippen molar-refractivity contribution in [2.75, 3.05) is 13.6 Å². The molecule has 0 fully saturated rings. The molecule has 2 nitrogen and oxygen atoms in total. The molecule has 0 spiro atoms. The van der Waals surface area contributed by atoms with Crippen molar-refractivity contribution in [3.63, 3.8) is 0 Å². The monoisotopic (exact) mass is 213 g/mol. The third-order valence-corrected chi connectivity index (χ3v) is 2.42. The van der Waals surface area contributed by atoms with E-state index in [1.807, 2.05) is 0 Å². The minimum Gasteiger partial charge on any atom is -0.392 e. The highest BCUT2D eigenvalue weighted by atomic mass is 19.4. The fourth-order valence-corrected chi connectivity index (χ4v) is 1.14. The van der Waals surface area contributed by atoms with Crippen molar-refractivity contribution in [3.05, 3.63) is 0 Å². The molecule has 0 aromatic heterocycles. The molecule has 5 heteroatoms. The first-order valence-corrected chi connectivity index (χ1v) is 4.73. The molecule has 86 valence electrons. The fraction of sp³-hybridized carbons (Fsp3) is 1.00. The highest BCUT2D eigenvalue weighted by molar-refractivity contribution is 4.72. The lowest BCUT2D eigenvalue weighted by Gasteiger charge is -2.28. The third-order valence-electron chi connectivity index (χ3n) is 2.42. The number of rotatable bonds is 5. The van der Waals surface area contributed by atoms with Crippen molar-refractivity contribution in [2.45, 2.75) is 45.0 Å². The Morgan fingerprint density at radius 1 is 1.36 bits per heavy atom. The molecular weight excluding hydrogens is 195 g/mol. The summed E-state index contributed by atoms with van der Waals surface area (Å²) < 4.78 is 35.6. The number of alkyl halides is 3. The summed E-state index contributed by atoms with van der Waals surface area (Å²) in [4.78, 5) is 1.53. The number of hydrogen-bond acceptors (Lipinski definition) is 2. The fourth-order valence-electron chi connectivity index (χ4n) is 1.14. The first-order valence-electron chi connectivity index (χ1n) is 4.73. The Labute approximate surface area is 82.7 Å². The standard InChI is InChI=1S/C9H18F3NO/c1-4-8(14)7(2)13(3)6-5-9(10,11)12/h7-8,14H,4-6H2,1-3H3. The van der Waals surface area contributed by atoms with Crippen LogP contribution in [0.3, 0.4) is 0 Å². The lowest BCUT2D eigenvalue weighted by molar-refractivity contribution is -0.139. The maximum absolute atomic E-state index is 11.9. The van der Waals surface area contributed by atoms with Crippen LogP contribution < -0.4 is 0 Å². The molecule has 0 radical (unpaired) electrons. The van der Waals surface area contributed by atoms with Crippen molar-refractivity contribution in [1.29, 1.82) is 0 Å². The van der Waals surface area contributed by atoms with Crippen LogP contribution in [0.25, 0.3) is 0 Å². The minimum absolute atomic E-state index is 0.0677. The maximum atomic E-state index is 11.9. The summed E-state index contributed by atoms with van der Waals surface area (Å²) in [6.07, 6.45) is -4.96. The van der Waals surface area contributed by atoms with Crippen LogP contribution in [0, 0.1) is 0 Å². The quantitative estimate of drug-likeness (QED) is 0.755. The van der Waals surface area contributed by atoms with Crippen LogP contribution in [0.15, 0.2) is 0 Å². The van der Waals surface area contributed by atoms with E-state index in [2.05, 4.69) is 0 Å². The summed E-state index contributed by atoms with van der Waals surface area (Å²) >= 11 is 0. The molecule has 0 aliphatic heterocycles. The van der Waals surface area contributed by atoms with E-state index in [1.54, 1.807) is 20.9 Å². The van der Waals surface area contributed by atoms with Gasteiger partial charge in [-0.15, -0.1) is 0 Å². The van der Waals surface area contributed by atoms with E-state index >= 15 is 0 Å². The van der Waals surface area contributed by atoms with Gasteiger partial charge in [-0.05, 0) is 20.4 Å². The first-order chi connectivity index (χ1) is 6.28. The Hall–Kier alpha value is -0.290. The zero-order valence-electron chi connectivity index (χ0n) is 8.80. The maximum Gasteiger partial charge on any atom is 0.390 e. The predicted octanol–water partition coefficient (Wildman–Crippen LogP) is 2.03. The van der Waals surface area contributed by atoms with Crippen molar-refractivity contribution in [3.8, 4) is 0 Å². The number of nitrogens with zero attached hydrogens (tertiary/aromatic N) is 1. The van der Waals surface area contributed by atoms with Gasteiger partial charge in [-0.2, -0.15) is 13.2 Å². The van der Waals surface area contributed by atoms with E-state index in [0.717, 1.165) is 0 Å². The summed E-state index contributed by atoms with van der Waals surface area (Å²) in [6.45, 7) is 3.46. The molecule has 0 aromatic rings. The van der Waals surface area contributed by atoms with Crippen LogP contribution in [0.5, 0.6) is 0 Å². The van der Waals surface area contributed by atoms with Crippen LogP contribution in [-0.4, -0.2) is 41.9 Å². The summed E-state index contributed by atoms with van der Waals surface area (Å²) in [5.41, 5.74) is 0. The molecule has 2 atom stereocenters. The summed E-state index contributed by atoms with van der Waals surface area (Å²) in [6, 6.07) is -0.234. The normalized spacial score (nSPS) is 17.1. The largest absolute Gasteiger partial charge is 0.392 e. The van der Waals surface area contributed by atoms with E-state index in [1.165, 1.54) is 4.90 Å². The topological polar surface area (TPSA) is 23.5 Å². The third kappa shape index (κ3) is 5.44.